The summed E-state index contributed by atoms with van der Waals surface area (Å²) < 4.78 is 11.5. The van der Waals surface area contributed by atoms with Crippen molar-refractivity contribution in [2.75, 3.05) is 13.2 Å². The first kappa shape index (κ1) is 17.9. The van der Waals surface area contributed by atoms with Crippen LogP contribution in [0.1, 0.15) is 24.2 Å². The molecule has 7 nitrogen and oxygen atoms in total. The molecule has 1 amide bonds. The highest BCUT2D eigenvalue weighted by Gasteiger charge is 2.44. The van der Waals surface area contributed by atoms with Crippen LogP contribution in [0.3, 0.4) is 0 Å². The highest BCUT2D eigenvalue weighted by atomic mass is 16.6. The number of nitro benzene ring substituents is 1. The molecule has 7 heteroatoms. The van der Waals surface area contributed by atoms with Crippen LogP contribution >= 0.6 is 0 Å². The van der Waals surface area contributed by atoms with E-state index in [1.54, 1.807) is 29.2 Å². The predicted octanol–water partition coefficient (Wildman–Crippen LogP) is 3.25. The topological polar surface area (TPSA) is 81.9 Å². The first-order valence-corrected chi connectivity index (χ1v) is 8.28. The van der Waals surface area contributed by atoms with E-state index in [9.17, 15) is 14.9 Å². The molecule has 0 radical (unpaired) electrons. The van der Waals surface area contributed by atoms with Gasteiger partial charge in [-0.25, -0.2) is 0 Å². The summed E-state index contributed by atoms with van der Waals surface area (Å²) >= 11 is 0. The van der Waals surface area contributed by atoms with Crippen LogP contribution in [-0.4, -0.2) is 40.7 Å². The number of rotatable bonds is 5. The fourth-order valence-electron chi connectivity index (χ4n) is 2.99. The molecular weight excluding hydrogens is 336 g/mol. The minimum atomic E-state index is -0.740. The van der Waals surface area contributed by atoms with E-state index in [2.05, 4.69) is 0 Å². The van der Waals surface area contributed by atoms with E-state index in [0.717, 1.165) is 0 Å². The van der Waals surface area contributed by atoms with Crippen molar-refractivity contribution in [1.82, 2.24) is 4.90 Å². The van der Waals surface area contributed by atoms with E-state index < -0.39 is 10.6 Å². The summed E-state index contributed by atoms with van der Waals surface area (Å²) in [5, 5.41) is 10.7. The third kappa shape index (κ3) is 3.67. The van der Waals surface area contributed by atoms with Crippen LogP contribution in [-0.2, 0) is 4.74 Å². The number of amides is 1. The van der Waals surface area contributed by atoms with Crippen LogP contribution in [0.2, 0.25) is 0 Å². The van der Waals surface area contributed by atoms with Crippen molar-refractivity contribution in [3.05, 3.63) is 70.3 Å². The Labute approximate surface area is 151 Å². The average molecular weight is 356 g/mol. The minimum absolute atomic E-state index is 0.00330. The molecule has 0 spiro atoms. The van der Waals surface area contributed by atoms with Gasteiger partial charge in [-0.1, -0.05) is 18.2 Å². The van der Waals surface area contributed by atoms with E-state index in [1.165, 1.54) is 12.1 Å². The summed E-state index contributed by atoms with van der Waals surface area (Å²) in [6, 6.07) is 14.6. The molecule has 136 valence electrons. The lowest BCUT2D eigenvalue weighted by Crippen LogP contribution is -2.49. The molecule has 1 fully saturated rings. The molecule has 1 heterocycles. The smallest absolute Gasteiger partial charge is 0.269 e. The predicted molar refractivity (Wildman–Crippen MR) is 95.0 cm³/mol. The molecule has 1 atom stereocenters. The Balaban J connectivity index is 1.72. The summed E-state index contributed by atoms with van der Waals surface area (Å²) in [4.78, 5) is 24.9. The molecular formula is C19H20N2O5. The Hall–Kier alpha value is -2.93. The van der Waals surface area contributed by atoms with Gasteiger partial charge in [-0.15, -0.1) is 0 Å². The number of carbonyl (C=O) groups is 1. The molecule has 0 bridgehead atoms. The highest BCUT2D eigenvalue weighted by Crippen LogP contribution is 2.30. The van der Waals surface area contributed by atoms with Gasteiger partial charge in [-0.3, -0.25) is 14.9 Å². The van der Waals surface area contributed by atoms with E-state index >= 15 is 0 Å². The zero-order valence-electron chi connectivity index (χ0n) is 14.6. The van der Waals surface area contributed by atoms with E-state index in [0.29, 0.717) is 17.9 Å². The number of ether oxygens (including phenoxy) is 2. The van der Waals surface area contributed by atoms with Crippen LogP contribution in [0.25, 0.3) is 0 Å². The second-order valence-electron chi connectivity index (χ2n) is 6.51. The van der Waals surface area contributed by atoms with Gasteiger partial charge in [0.05, 0.1) is 17.6 Å². The second-order valence-corrected chi connectivity index (χ2v) is 6.51. The van der Waals surface area contributed by atoms with E-state index in [-0.39, 0.29) is 24.2 Å². The molecule has 1 saturated heterocycles. The molecule has 1 aliphatic heterocycles. The van der Waals surface area contributed by atoms with Crippen molar-refractivity contribution in [2.24, 2.45) is 0 Å². The maximum Gasteiger partial charge on any atom is 0.269 e. The number of hydrogen-bond donors (Lipinski definition) is 0. The fraction of sp³-hybridized carbons (Fsp3) is 0.316. The number of nitro groups is 1. The lowest BCUT2D eigenvalue weighted by Gasteiger charge is -2.33. The van der Waals surface area contributed by atoms with Gasteiger partial charge in [0, 0.05) is 17.7 Å². The van der Waals surface area contributed by atoms with Gasteiger partial charge in [-0.05, 0) is 38.1 Å². The van der Waals surface area contributed by atoms with Crippen molar-refractivity contribution in [3.63, 3.8) is 0 Å². The zero-order valence-corrected chi connectivity index (χ0v) is 14.6. The molecule has 1 aliphatic rings. The van der Waals surface area contributed by atoms with E-state index in [1.807, 2.05) is 32.0 Å². The SMILES string of the molecule is CC1(C)OC[C@@H](COc2ccc([N+](=O)[O-])cc2)N1C(=O)c1ccccc1. The molecule has 0 aliphatic carbocycles. The molecule has 26 heavy (non-hydrogen) atoms. The maximum atomic E-state index is 12.9. The lowest BCUT2D eigenvalue weighted by atomic mass is 10.1. The molecule has 0 N–H and O–H groups in total. The number of hydrogen-bond acceptors (Lipinski definition) is 5. The third-order valence-electron chi connectivity index (χ3n) is 4.30. The molecule has 0 aromatic heterocycles. The Morgan fingerprint density at radius 1 is 1.23 bits per heavy atom. The van der Waals surface area contributed by atoms with Crippen LogP contribution in [0, 0.1) is 10.1 Å². The Morgan fingerprint density at radius 2 is 1.88 bits per heavy atom. The Bertz CT molecular complexity index is 789. The number of carbonyl (C=O) groups excluding carboxylic acids is 1. The largest absolute Gasteiger partial charge is 0.491 e. The maximum absolute atomic E-state index is 12.9. The van der Waals surface area contributed by atoms with Gasteiger partial charge in [0.1, 0.15) is 18.1 Å². The quantitative estimate of drug-likeness (QED) is 0.607. The number of nitrogens with zero attached hydrogens (tertiary/aromatic N) is 2. The van der Waals surface area contributed by atoms with Gasteiger partial charge in [0.2, 0.25) is 0 Å². The third-order valence-corrected chi connectivity index (χ3v) is 4.30. The summed E-state index contributed by atoms with van der Waals surface area (Å²) in [5.41, 5.74) is -0.147. The summed E-state index contributed by atoms with van der Waals surface area (Å²) in [5.74, 6) is 0.387. The van der Waals surface area contributed by atoms with Crippen molar-refractivity contribution in [2.45, 2.75) is 25.6 Å². The van der Waals surface area contributed by atoms with Crippen LogP contribution in [0.4, 0.5) is 5.69 Å². The molecule has 0 saturated carbocycles. The standard InChI is InChI=1S/C19H20N2O5/c1-19(2)20(18(22)14-6-4-3-5-7-14)16(13-26-19)12-25-17-10-8-15(9-11-17)21(23)24/h3-11,16H,12-13H2,1-2H3/t16-/m1/s1. The van der Waals surface area contributed by atoms with Crippen molar-refractivity contribution >= 4 is 11.6 Å². The first-order chi connectivity index (χ1) is 12.4. The van der Waals surface area contributed by atoms with Gasteiger partial charge in [0.25, 0.3) is 11.6 Å². The van der Waals surface area contributed by atoms with Crippen molar-refractivity contribution < 1.29 is 19.2 Å². The first-order valence-electron chi connectivity index (χ1n) is 8.28. The van der Waals surface area contributed by atoms with Gasteiger partial charge in [-0.2, -0.15) is 0 Å². The van der Waals surface area contributed by atoms with Crippen LogP contribution in [0.15, 0.2) is 54.6 Å². The zero-order chi connectivity index (χ0) is 18.7. The molecule has 0 unspecified atom stereocenters. The second kappa shape index (κ2) is 7.13. The highest BCUT2D eigenvalue weighted by molar-refractivity contribution is 5.95. The van der Waals surface area contributed by atoms with Gasteiger partial charge in [0.15, 0.2) is 0 Å². The molecule has 2 aromatic rings. The lowest BCUT2D eigenvalue weighted by molar-refractivity contribution is -0.384. The van der Waals surface area contributed by atoms with E-state index in [4.69, 9.17) is 9.47 Å². The average Bonchev–Trinajstić information content (AvgIpc) is 2.94. The monoisotopic (exact) mass is 356 g/mol. The fourth-order valence-corrected chi connectivity index (χ4v) is 2.99. The molecule has 2 aromatic carbocycles. The van der Waals surface area contributed by atoms with Gasteiger partial charge >= 0.3 is 0 Å². The molecule has 3 rings (SSSR count). The summed E-state index contributed by atoms with van der Waals surface area (Å²) in [7, 11) is 0. The van der Waals surface area contributed by atoms with Crippen molar-refractivity contribution in [3.8, 4) is 5.75 Å². The van der Waals surface area contributed by atoms with Crippen LogP contribution < -0.4 is 4.74 Å². The Morgan fingerprint density at radius 3 is 2.50 bits per heavy atom. The summed E-state index contributed by atoms with van der Waals surface area (Å²) in [6.07, 6.45) is 0. The Kier molecular flexibility index (Phi) is 4.90. The minimum Gasteiger partial charge on any atom is -0.491 e. The number of non-ortho nitro benzene ring substituents is 1. The van der Waals surface area contributed by atoms with Crippen molar-refractivity contribution in [1.29, 1.82) is 0 Å². The number of benzene rings is 2. The normalized spacial score (nSPS) is 18.5. The van der Waals surface area contributed by atoms with Gasteiger partial charge < -0.3 is 14.4 Å². The summed E-state index contributed by atoms with van der Waals surface area (Å²) in [6.45, 7) is 4.29. The van der Waals surface area contributed by atoms with Crippen LogP contribution in [0.5, 0.6) is 5.75 Å².